The second kappa shape index (κ2) is 2.84. The fraction of sp³-hybridized carbons (Fsp3) is 0.286. The van der Waals surface area contributed by atoms with Gasteiger partial charge in [0.15, 0.2) is 0 Å². The number of aromatic carboxylic acids is 1. The summed E-state index contributed by atoms with van der Waals surface area (Å²) in [7, 11) is 0. The molecule has 0 amide bonds. The van der Waals surface area contributed by atoms with E-state index in [0.29, 0.717) is 5.69 Å². The van der Waals surface area contributed by atoms with Gasteiger partial charge >= 0.3 is 5.97 Å². The van der Waals surface area contributed by atoms with Crippen LogP contribution in [-0.2, 0) is 0 Å². The van der Waals surface area contributed by atoms with E-state index < -0.39 is 5.97 Å². The van der Waals surface area contributed by atoms with Gasteiger partial charge in [-0.05, 0) is 42.0 Å². The molecule has 0 saturated heterocycles. The van der Waals surface area contributed by atoms with Crippen LogP contribution in [0.15, 0.2) is 0 Å². The second-order valence-electron chi connectivity index (χ2n) is 2.37. The van der Waals surface area contributed by atoms with Crippen LogP contribution in [-0.4, -0.2) is 16.1 Å². The number of H-pyrrole nitrogens is 1. The van der Waals surface area contributed by atoms with E-state index in [1.54, 1.807) is 6.92 Å². The van der Waals surface area contributed by atoms with Crippen molar-refractivity contribution in [1.29, 1.82) is 0 Å². The predicted octanol–water partition coefficient (Wildman–Crippen LogP) is 1.93. The molecule has 1 heterocycles. The zero-order valence-corrected chi connectivity index (χ0v) is 8.39. The molecule has 0 aliphatic carbocycles. The van der Waals surface area contributed by atoms with Crippen molar-refractivity contribution < 1.29 is 9.90 Å². The van der Waals surface area contributed by atoms with Gasteiger partial charge in [-0.15, -0.1) is 0 Å². The summed E-state index contributed by atoms with van der Waals surface area (Å²) in [6.45, 7) is 3.66. The third-order valence-corrected chi connectivity index (χ3v) is 3.18. The van der Waals surface area contributed by atoms with Gasteiger partial charge in [0, 0.05) is 9.26 Å². The SMILES string of the molecule is Cc1[nH]c(C(=O)O)c(C)c1I. The Morgan fingerprint density at radius 1 is 1.55 bits per heavy atom. The van der Waals surface area contributed by atoms with E-state index in [1.165, 1.54) is 0 Å². The Kier molecular flexibility index (Phi) is 2.22. The monoisotopic (exact) mass is 265 g/mol. The highest BCUT2D eigenvalue weighted by Crippen LogP contribution is 2.19. The highest BCUT2D eigenvalue weighted by atomic mass is 127. The number of carboxylic acid groups (broad SMARTS) is 1. The standard InChI is InChI=1S/C7H8INO2/c1-3-5(8)4(2)9-6(3)7(10)11/h9H,1-2H3,(H,10,11). The van der Waals surface area contributed by atoms with Crippen molar-refractivity contribution in [2.75, 3.05) is 0 Å². The Balaban J connectivity index is 3.29. The number of aromatic amines is 1. The third-order valence-electron chi connectivity index (χ3n) is 1.56. The first kappa shape index (κ1) is 8.58. The number of rotatable bonds is 1. The molecule has 0 unspecified atom stereocenters. The molecule has 0 aliphatic rings. The van der Waals surface area contributed by atoms with Gasteiger partial charge in [0.05, 0.1) is 0 Å². The molecule has 3 nitrogen and oxygen atoms in total. The number of hydrogen-bond acceptors (Lipinski definition) is 1. The molecular formula is C7H8INO2. The zero-order chi connectivity index (χ0) is 8.59. The molecule has 1 aromatic rings. The highest BCUT2D eigenvalue weighted by Gasteiger charge is 2.13. The van der Waals surface area contributed by atoms with Gasteiger partial charge in [0.2, 0.25) is 0 Å². The molecule has 1 rings (SSSR count). The van der Waals surface area contributed by atoms with Crippen LogP contribution in [0.2, 0.25) is 0 Å². The van der Waals surface area contributed by atoms with Gasteiger partial charge in [-0.2, -0.15) is 0 Å². The van der Waals surface area contributed by atoms with Crippen LogP contribution < -0.4 is 0 Å². The first-order valence-electron chi connectivity index (χ1n) is 3.12. The molecule has 4 heteroatoms. The Hall–Kier alpha value is -0.520. The molecular weight excluding hydrogens is 257 g/mol. The molecule has 60 valence electrons. The van der Waals surface area contributed by atoms with Crippen molar-refractivity contribution in [1.82, 2.24) is 4.98 Å². The number of hydrogen-bond donors (Lipinski definition) is 2. The zero-order valence-electron chi connectivity index (χ0n) is 6.23. The number of nitrogens with one attached hydrogen (secondary N) is 1. The van der Waals surface area contributed by atoms with Crippen molar-refractivity contribution >= 4 is 28.6 Å². The lowest BCUT2D eigenvalue weighted by Crippen LogP contribution is -1.98. The number of carbonyl (C=O) groups is 1. The maximum Gasteiger partial charge on any atom is 0.352 e. The van der Waals surface area contributed by atoms with E-state index in [-0.39, 0.29) is 0 Å². The van der Waals surface area contributed by atoms with Crippen molar-refractivity contribution in [3.05, 3.63) is 20.5 Å². The molecule has 0 saturated carbocycles. The van der Waals surface area contributed by atoms with E-state index in [2.05, 4.69) is 27.6 Å². The van der Waals surface area contributed by atoms with Crippen LogP contribution in [0, 0.1) is 17.4 Å². The maximum atomic E-state index is 10.6. The van der Waals surface area contributed by atoms with Gasteiger partial charge in [-0.1, -0.05) is 0 Å². The largest absolute Gasteiger partial charge is 0.477 e. The number of aromatic nitrogens is 1. The first-order valence-corrected chi connectivity index (χ1v) is 4.20. The normalized spacial score (nSPS) is 10.1. The van der Waals surface area contributed by atoms with Crippen molar-refractivity contribution in [3.8, 4) is 0 Å². The molecule has 1 aromatic heterocycles. The van der Waals surface area contributed by atoms with Crippen LogP contribution in [0.1, 0.15) is 21.7 Å². The maximum absolute atomic E-state index is 10.6. The minimum Gasteiger partial charge on any atom is -0.477 e. The molecule has 0 fully saturated rings. The Labute approximate surface area is 78.0 Å². The molecule has 0 atom stereocenters. The molecule has 0 bridgehead atoms. The summed E-state index contributed by atoms with van der Waals surface area (Å²) in [5, 5.41) is 8.67. The van der Waals surface area contributed by atoms with E-state index >= 15 is 0 Å². The van der Waals surface area contributed by atoms with E-state index in [4.69, 9.17) is 5.11 Å². The van der Waals surface area contributed by atoms with Crippen molar-refractivity contribution in [2.45, 2.75) is 13.8 Å². The van der Waals surface area contributed by atoms with E-state index in [1.807, 2.05) is 6.92 Å². The van der Waals surface area contributed by atoms with Gasteiger partial charge in [0.1, 0.15) is 5.69 Å². The highest BCUT2D eigenvalue weighted by molar-refractivity contribution is 14.1. The molecule has 0 aliphatic heterocycles. The predicted molar refractivity (Wildman–Crippen MR) is 49.9 cm³/mol. The van der Waals surface area contributed by atoms with Crippen LogP contribution in [0.5, 0.6) is 0 Å². The fourth-order valence-corrected chi connectivity index (χ4v) is 1.35. The summed E-state index contributed by atoms with van der Waals surface area (Å²) in [6, 6.07) is 0. The van der Waals surface area contributed by atoms with Crippen LogP contribution in [0.25, 0.3) is 0 Å². The second-order valence-corrected chi connectivity index (χ2v) is 3.45. The van der Waals surface area contributed by atoms with Gasteiger partial charge in [0.25, 0.3) is 0 Å². The van der Waals surface area contributed by atoms with Crippen LogP contribution in [0.3, 0.4) is 0 Å². The summed E-state index contributed by atoms with van der Waals surface area (Å²) in [6.07, 6.45) is 0. The summed E-state index contributed by atoms with van der Waals surface area (Å²) in [4.78, 5) is 13.4. The average molecular weight is 265 g/mol. The lowest BCUT2D eigenvalue weighted by Gasteiger charge is -1.89. The van der Waals surface area contributed by atoms with Crippen LogP contribution in [0.4, 0.5) is 0 Å². The van der Waals surface area contributed by atoms with Gasteiger partial charge < -0.3 is 10.1 Å². The quantitative estimate of drug-likeness (QED) is 0.762. The smallest absolute Gasteiger partial charge is 0.352 e. The number of aryl methyl sites for hydroxylation is 1. The minimum atomic E-state index is -0.895. The Bertz CT molecular complexity index is 304. The topological polar surface area (TPSA) is 53.1 Å². The van der Waals surface area contributed by atoms with Gasteiger partial charge in [-0.25, -0.2) is 4.79 Å². The fourth-order valence-electron chi connectivity index (χ4n) is 0.941. The summed E-state index contributed by atoms with van der Waals surface area (Å²) in [5.41, 5.74) is 2.03. The molecule has 0 aromatic carbocycles. The Morgan fingerprint density at radius 2 is 2.09 bits per heavy atom. The molecule has 11 heavy (non-hydrogen) atoms. The first-order chi connectivity index (χ1) is 5.04. The van der Waals surface area contributed by atoms with Crippen molar-refractivity contribution in [3.63, 3.8) is 0 Å². The number of halogens is 1. The average Bonchev–Trinajstić information content (AvgIpc) is 2.17. The third kappa shape index (κ3) is 1.40. The lowest BCUT2D eigenvalue weighted by molar-refractivity contribution is 0.0690. The van der Waals surface area contributed by atoms with Gasteiger partial charge in [-0.3, -0.25) is 0 Å². The number of carboxylic acids is 1. The van der Waals surface area contributed by atoms with Crippen LogP contribution >= 0.6 is 22.6 Å². The Morgan fingerprint density at radius 3 is 2.27 bits per heavy atom. The van der Waals surface area contributed by atoms with E-state index in [9.17, 15) is 4.79 Å². The minimum absolute atomic E-state index is 0.298. The van der Waals surface area contributed by atoms with E-state index in [0.717, 1.165) is 14.8 Å². The summed E-state index contributed by atoms with van der Waals surface area (Å²) >= 11 is 2.13. The lowest BCUT2D eigenvalue weighted by atomic mass is 10.3. The molecule has 2 N–H and O–H groups in total. The molecule has 0 radical (unpaired) electrons. The summed E-state index contributed by atoms with van der Waals surface area (Å²) in [5.74, 6) is -0.895. The summed E-state index contributed by atoms with van der Waals surface area (Å²) < 4.78 is 1.00. The molecule has 0 spiro atoms. The van der Waals surface area contributed by atoms with Crippen molar-refractivity contribution in [2.24, 2.45) is 0 Å².